The fraction of sp³-hybridized carbons (Fsp3) is 0.444. The van der Waals surface area contributed by atoms with Crippen LogP contribution in [0, 0.1) is 23.6 Å². The molecule has 1 aliphatic carbocycles. The zero-order valence-corrected chi connectivity index (χ0v) is 18.7. The van der Waals surface area contributed by atoms with Crippen molar-refractivity contribution in [2.75, 3.05) is 31.6 Å². The van der Waals surface area contributed by atoms with Crippen molar-refractivity contribution >= 4 is 11.7 Å². The van der Waals surface area contributed by atoms with E-state index in [4.69, 9.17) is 0 Å². The molecule has 5 nitrogen and oxygen atoms in total. The lowest BCUT2D eigenvalue weighted by Gasteiger charge is -2.57. The summed E-state index contributed by atoms with van der Waals surface area (Å²) >= 11 is 0. The Bertz CT molecular complexity index is 1040. The lowest BCUT2D eigenvalue weighted by atomic mass is 9.74. The summed E-state index contributed by atoms with van der Waals surface area (Å²) in [6.07, 6.45) is 4.33. The van der Waals surface area contributed by atoms with Crippen LogP contribution in [0.15, 0.2) is 48.5 Å². The number of nitrogens with zero attached hydrogens (tertiary/aromatic N) is 2. The fourth-order valence-electron chi connectivity index (χ4n) is 5.06. The van der Waals surface area contributed by atoms with Crippen LogP contribution in [0.3, 0.4) is 0 Å². The van der Waals surface area contributed by atoms with Crippen molar-refractivity contribution in [3.05, 3.63) is 65.5 Å². The molecule has 2 N–H and O–H groups in total. The summed E-state index contributed by atoms with van der Waals surface area (Å²) in [6.45, 7) is 2.32. The lowest BCUT2D eigenvalue weighted by molar-refractivity contribution is -0.0585. The number of anilines is 1. The van der Waals surface area contributed by atoms with Crippen LogP contribution in [0.1, 0.15) is 42.7 Å². The Morgan fingerprint density at radius 3 is 2.48 bits per heavy atom. The first-order valence-corrected chi connectivity index (χ1v) is 11.9. The van der Waals surface area contributed by atoms with E-state index in [0.29, 0.717) is 24.7 Å². The molecule has 3 fully saturated rings. The van der Waals surface area contributed by atoms with E-state index in [-0.39, 0.29) is 36.5 Å². The zero-order valence-electron chi connectivity index (χ0n) is 18.7. The average molecular weight is 448 g/mol. The molecule has 2 saturated heterocycles. The van der Waals surface area contributed by atoms with Gasteiger partial charge in [0.25, 0.3) is 0 Å². The first-order chi connectivity index (χ1) is 16.1. The number of fused-ring (bicyclic) bond motifs is 1. The molecule has 0 spiro atoms. The van der Waals surface area contributed by atoms with E-state index in [1.807, 2.05) is 4.90 Å². The minimum Gasteiger partial charge on any atom is -0.395 e. The number of hydrogen-bond donors (Lipinski definition) is 2. The van der Waals surface area contributed by atoms with Gasteiger partial charge < -0.3 is 15.3 Å². The largest absolute Gasteiger partial charge is 0.395 e. The molecule has 1 saturated carbocycles. The number of carbonyl (C=O) groups is 1. The van der Waals surface area contributed by atoms with E-state index in [0.717, 1.165) is 24.9 Å². The Morgan fingerprint density at radius 1 is 1.06 bits per heavy atom. The van der Waals surface area contributed by atoms with Gasteiger partial charge in [0.15, 0.2) is 0 Å². The van der Waals surface area contributed by atoms with E-state index in [2.05, 4.69) is 46.3 Å². The van der Waals surface area contributed by atoms with Gasteiger partial charge in [-0.05, 0) is 74.2 Å². The van der Waals surface area contributed by atoms with Crippen LogP contribution in [-0.2, 0) is 0 Å². The maximum atomic E-state index is 13.2. The first kappa shape index (κ1) is 21.9. The fourth-order valence-corrected chi connectivity index (χ4v) is 5.06. The van der Waals surface area contributed by atoms with Gasteiger partial charge >= 0.3 is 6.03 Å². The number of amides is 2. The second kappa shape index (κ2) is 9.54. The molecule has 3 atom stereocenters. The SMILES string of the molecule is O=C(Nc1ccc(F)cc1)N1CCCCN2[C@@H](CO)[C@@H](c3ccc(C#CC4CC4)cc3)[C@@H]2C1. The topological polar surface area (TPSA) is 55.8 Å². The van der Waals surface area contributed by atoms with Crippen molar-refractivity contribution in [1.82, 2.24) is 9.80 Å². The predicted molar refractivity (Wildman–Crippen MR) is 126 cm³/mol. The Kier molecular flexibility index (Phi) is 6.34. The van der Waals surface area contributed by atoms with Gasteiger partial charge in [-0.25, -0.2) is 9.18 Å². The third kappa shape index (κ3) is 4.90. The molecule has 5 rings (SSSR count). The molecule has 2 aliphatic heterocycles. The zero-order chi connectivity index (χ0) is 22.8. The average Bonchev–Trinajstić information content (AvgIpc) is 3.63. The van der Waals surface area contributed by atoms with E-state index >= 15 is 0 Å². The number of urea groups is 1. The van der Waals surface area contributed by atoms with Gasteiger partial charge in [0, 0.05) is 48.3 Å². The van der Waals surface area contributed by atoms with Gasteiger partial charge in [-0.2, -0.15) is 0 Å². The van der Waals surface area contributed by atoms with Crippen molar-refractivity contribution in [3.8, 4) is 11.8 Å². The number of benzene rings is 2. The quantitative estimate of drug-likeness (QED) is 0.699. The van der Waals surface area contributed by atoms with Crippen molar-refractivity contribution < 1.29 is 14.3 Å². The standard InChI is InChI=1S/C27H30FN3O2/c28-22-11-13-23(14-12-22)29-27(33)30-15-1-2-16-31-24(17-30)26(25(31)18-32)21-9-7-20(8-10-21)6-5-19-3-4-19/h7-14,19,24-26,32H,1-4,15-18H2,(H,29,33)/t24-,25-,26-/m0/s1. The molecule has 33 heavy (non-hydrogen) atoms. The van der Waals surface area contributed by atoms with Gasteiger partial charge in [0.1, 0.15) is 5.82 Å². The molecule has 2 aromatic rings. The molecule has 2 aromatic carbocycles. The molecule has 6 heteroatoms. The van der Waals surface area contributed by atoms with Gasteiger partial charge in [0.05, 0.1) is 6.61 Å². The summed E-state index contributed by atoms with van der Waals surface area (Å²) in [7, 11) is 0. The Hall–Kier alpha value is -2.88. The number of aliphatic hydroxyl groups excluding tert-OH is 1. The number of carbonyl (C=O) groups excluding carboxylic acids is 1. The molecule has 0 radical (unpaired) electrons. The van der Waals surface area contributed by atoms with Crippen LogP contribution in [0.2, 0.25) is 0 Å². The highest BCUT2D eigenvalue weighted by Gasteiger charge is 2.49. The minimum absolute atomic E-state index is 0.0681. The summed E-state index contributed by atoms with van der Waals surface area (Å²) in [5, 5.41) is 13.0. The highest BCUT2D eigenvalue weighted by molar-refractivity contribution is 5.89. The summed E-state index contributed by atoms with van der Waals surface area (Å²) in [6, 6.07) is 14.3. The lowest BCUT2D eigenvalue weighted by Crippen LogP contribution is -2.68. The summed E-state index contributed by atoms with van der Waals surface area (Å²) in [5.41, 5.74) is 2.80. The van der Waals surface area contributed by atoms with Gasteiger partial charge in [-0.3, -0.25) is 4.90 Å². The van der Waals surface area contributed by atoms with Crippen LogP contribution < -0.4 is 5.32 Å². The molecule has 172 valence electrons. The highest BCUT2D eigenvalue weighted by atomic mass is 19.1. The second-order valence-electron chi connectivity index (χ2n) is 9.34. The first-order valence-electron chi connectivity index (χ1n) is 11.9. The van der Waals surface area contributed by atoms with Crippen molar-refractivity contribution in [1.29, 1.82) is 0 Å². The monoisotopic (exact) mass is 447 g/mol. The van der Waals surface area contributed by atoms with Crippen molar-refractivity contribution in [2.24, 2.45) is 5.92 Å². The second-order valence-corrected chi connectivity index (χ2v) is 9.34. The Balaban J connectivity index is 1.31. The molecular weight excluding hydrogens is 417 g/mol. The molecular formula is C27H30FN3O2. The third-order valence-electron chi connectivity index (χ3n) is 7.05. The van der Waals surface area contributed by atoms with E-state index in [1.165, 1.54) is 30.5 Å². The Labute approximate surface area is 194 Å². The number of hydrogen-bond acceptors (Lipinski definition) is 3. The third-order valence-corrected chi connectivity index (χ3v) is 7.05. The molecule has 3 aliphatic rings. The molecule has 0 aromatic heterocycles. The predicted octanol–water partition coefficient (Wildman–Crippen LogP) is 4.04. The summed E-state index contributed by atoms with van der Waals surface area (Å²) in [5.74, 6) is 6.98. The van der Waals surface area contributed by atoms with Crippen molar-refractivity contribution in [3.63, 3.8) is 0 Å². The van der Waals surface area contributed by atoms with Crippen LogP contribution in [-0.4, -0.2) is 59.3 Å². The van der Waals surface area contributed by atoms with Crippen LogP contribution in [0.4, 0.5) is 14.9 Å². The highest BCUT2D eigenvalue weighted by Crippen LogP contribution is 2.42. The molecule has 0 unspecified atom stereocenters. The summed E-state index contributed by atoms with van der Waals surface area (Å²) < 4.78 is 13.2. The van der Waals surface area contributed by atoms with Crippen molar-refractivity contribution in [2.45, 2.75) is 43.7 Å². The smallest absolute Gasteiger partial charge is 0.321 e. The van der Waals surface area contributed by atoms with Gasteiger partial charge in [-0.15, -0.1) is 0 Å². The minimum atomic E-state index is -0.327. The number of aliphatic hydroxyl groups is 1. The van der Waals surface area contributed by atoms with E-state index in [9.17, 15) is 14.3 Å². The van der Waals surface area contributed by atoms with Crippen LogP contribution in [0.5, 0.6) is 0 Å². The van der Waals surface area contributed by atoms with Crippen LogP contribution in [0.25, 0.3) is 0 Å². The Morgan fingerprint density at radius 2 is 1.79 bits per heavy atom. The molecule has 2 amide bonds. The van der Waals surface area contributed by atoms with Crippen LogP contribution >= 0.6 is 0 Å². The number of nitrogens with one attached hydrogen (secondary N) is 1. The maximum absolute atomic E-state index is 13.2. The van der Waals surface area contributed by atoms with E-state index < -0.39 is 0 Å². The summed E-state index contributed by atoms with van der Waals surface area (Å²) in [4.78, 5) is 17.2. The molecule has 2 heterocycles. The molecule has 0 bridgehead atoms. The van der Waals surface area contributed by atoms with Gasteiger partial charge in [-0.1, -0.05) is 24.0 Å². The normalized spacial score (nSPS) is 25.0. The van der Waals surface area contributed by atoms with Gasteiger partial charge in [0.2, 0.25) is 0 Å². The number of rotatable bonds is 3. The maximum Gasteiger partial charge on any atom is 0.321 e. The van der Waals surface area contributed by atoms with E-state index in [1.54, 1.807) is 12.1 Å². The number of halogens is 1.